The van der Waals surface area contributed by atoms with Crippen molar-refractivity contribution in [3.05, 3.63) is 29.8 Å². The molecule has 4 N–H and O–H groups in total. The van der Waals surface area contributed by atoms with Gasteiger partial charge in [-0.15, -0.1) is 0 Å². The Morgan fingerprint density at radius 1 is 1.39 bits per heavy atom. The molecule has 3 unspecified atom stereocenters. The Morgan fingerprint density at radius 3 is 2.87 bits per heavy atom. The topological polar surface area (TPSA) is 113 Å². The smallest absolute Gasteiger partial charge is 0.326 e. The van der Waals surface area contributed by atoms with Gasteiger partial charge in [0, 0.05) is 12.2 Å². The lowest BCUT2D eigenvalue weighted by Gasteiger charge is -2.25. The van der Waals surface area contributed by atoms with Gasteiger partial charge in [-0.3, -0.25) is 9.59 Å². The fourth-order valence-electron chi connectivity index (χ4n) is 3.36. The number of carbonyl (C=O) groups excluding carboxylic acids is 2. The van der Waals surface area contributed by atoms with Crippen molar-refractivity contribution in [2.75, 3.05) is 11.9 Å². The van der Waals surface area contributed by atoms with E-state index in [1.165, 1.54) is 4.90 Å². The van der Waals surface area contributed by atoms with Gasteiger partial charge in [0.1, 0.15) is 6.04 Å². The average Bonchev–Trinajstić information content (AvgIpc) is 3.12. The zero-order valence-corrected chi connectivity index (χ0v) is 12.6. The molecule has 1 aromatic rings. The van der Waals surface area contributed by atoms with Crippen LogP contribution in [0.15, 0.2) is 24.3 Å². The summed E-state index contributed by atoms with van der Waals surface area (Å²) in [5, 5.41) is 11.9. The number of hydrogen-bond donors (Lipinski definition) is 3. The molecule has 0 radical (unpaired) electrons. The Kier molecular flexibility index (Phi) is 4.04. The van der Waals surface area contributed by atoms with Gasteiger partial charge in [0.05, 0.1) is 12.0 Å². The summed E-state index contributed by atoms with van der Waals surface area (Å²) in [7, 11) is 0. The fraction of sp³-hybridized carbons (Fsp3) is 0.438. The monoisotopic (exact) mass is 317 g/mol. The lowest BCUT2D eigenvalue weighted by molar-refractivity contribution is -0.148. The summed E-state index contributed by atoms with van der Waals surface area (Å²) in [5.41, 5.74) is 7.57. The van der Waals surface area contributed by atoms with Crippen molar-refractivity contribution < 1.29 is 19.5 Å². The van der Waals surface area contributed by atoms with E-state index in [-0.39, 0.29) is 12.3 Å². The van der Waals surface area contributed by atoms with Gasteiger partial charge in [-0.25, -0.2) is 4.79 Å². The van der Waals surface area contributed by atoms with Gasteiger partial charge in [-0.05, 0) is 30.9 Å². The van der Waals surface area contributed by atoms with Gasteiger partial charge in [-0.2, -0.15) is 0 Å². The van der Waals surface area contributed by atoms with Crippen molar-refractivity contribution in [3.8, 4) is 0 Å². The summed E-state index contributed by atoms with van der Waals surface area (Å²) in [4.78, 5) is 37.1. The van der Waals surface area contributed by atoms with Crippen LogP contribution in [-0.2, 0) is 14.4 Å². The summed E-state index contributed by atoms with van der Waals surface area (Å²) in [6.07, 6.45) is 1.27. The maximum absolute atomic E-state index is 12.5. The third-order valence-electron chi connectivity index (χ3n) is 4.54. The van der Waals surface area contributed by atoms with Crippen LogP contribution < -0.4 is 11.1 Å². The van der Waals surface area contributed by atoms with E-state index in [0.29, 0.717) is 19.4 Å². The van der Waals surface area contributed by atoms with Crippen LogP contribution in [0.1, 0.15) is 30.7 Å². The third-order valence-corrected chi connectivity index (χ3v) is 4.54. The molecule has 3 atom stereocenters. The molecule has 0 saturated carbocycles. The number of para-hydroxylation sites is 1. The molecule has 0 bridgehead atoms. The van der Waals surface area contributed by atoms with Gasteiger partial charge < -0.3 is 21.1 Å². The zero-order chi connectivity index (χ0) is 16.6. The molecule has 3 rings (SSSR count). The first-order valence-corrected chi connectivity index (χ1v) is 7.67. The molecule has 1 fully saturated rings. The van der Waals surface area contributed by atoms with Gasteiger partial charge in [-0.1, -0.05) is 18.2 Å². The maximum Gasteiger partial charge on any atom is 0.326 e. The normalized spacial score (nSPS) is 24.2. The Labute approximate surface area is 133 Å². The summed E-state index contributed by atoms with van der Waals surface area (Å²) < 4.78 is 0. The van der Waals surface area contributed by atoms with Crippen molar-refractivity contribution in [3.63, 3.8) is 0 Å². The van der Waals surface area contributed by atoms with Gasteiger partial charge in [0.15, 0.2) is 0 Å². The largest absolute Gasteiger partial charge is 0.480 e. The predicted octanol–water partition coefficient (Wildman–Crippen LogP) is 0.515. The molecule has 1 aromatic carbocycles. The van der Waals surface area contributed by atoms with Crippen molar-refractivity contribution in [1.82, 2.24) is 4.90 Å². The second-order valence-electron chi connectivity index (χ2n) is 6.00. The molecule has 1 saturated heterocycles. The van der Waals surface area contributed by atoms with Crippen molar-refractivity contribution in [2.45, 2.75) is 37.3 Å². The summed E-state index contributed by atoms with van der Waals surface area (Å²) in [5.74, 6) is -2.05. The molecule has 2 heterocycles. The lowest BCUT2D eigenvalue weighted by atomic mass is 9.93. The van der Waals surface area contributed by atoms with Gasteiger partial charge in [0.25, 0.3) is 0 Å². The predicted molar refractivity (Wildman–Crippen MR) is 82.8 cm³/mol. The molecule has 2 aliphatic rings. The molecule has 2 amide bonds. The second-order valence-corrected chi connectivity index (χ2v) is 6.00. The van der Waals surface area contributed by atoms with Gasteiger partial charge >= 0.3 is 5.97 Å². The molecule has 0 aromatic heterocycles. The van der Waals surface area contributed by atoms with E-state index in [9.17, 15) is 19.5 Å². The number of carbonyl (C=O) groups is 3. The molecular weight excluding hydrogens is 298 g/mol. The molecule has 7 heteroatoms. The second kappa shape index (κ2) is 6.00. The maximum atomic E-state index is 12.5. The number of amides is 2. The lowest BCUT2D eigenvalue weighted by Crippen LogP contribution is -2.49. The molecule has 7 nitrogen and oxygen atoms in total. The van der Waals surface area contributed by atoms with Crippen LogP contribution in [0.25, 0.3) is 0 Å². The molecule has 2 aliphatic heterocycles. The Hall–Kier alpha value is -2.41. The van der Waals surface area contributed by atoms with Crippen molar-refractivity contribution >= 4 is 23.5 Å². The number of fused-ring (bicyclic) bond motifs is 1. The van der Waals surface area contributed by atoms with Crippen LogP contribution in [0, 0.1) is 0 Å². The molecule has 122 valence electrons. The highest BCUT2D eigenvalue weighted by molar-refractivity contribution is 6.03. The zero-order valence-electron chi connectivity index (χ0n) is 12.6. The third kappa shape index (κ3) is 2.79. The number of nitrogens with one attached hydrogen (secondary N) is 1. The number of rotatable bonds is 4. The van der Waals surface area contributed by atoms with Gasteiger partial charge in [0.2, 0.25) is 11.8 Å². The van der Waals surface area contributed by atoms with Crippen molar-refractivity contribution in [2.24, 2.45) is 5.73 Å². The highest BCUT2D eigenvalue weighted by Crippen LogP contribution is 2.35. The number of carboxylic acids is 1. The van der Waals surface area contributed by atoms with Crippen LogP contribution in [0.2, 0.25) is 0 Å². The number of nitrogens with zero attached hydrogens (tertiary/aromatic N) is 1. The molecule has 0 aliphatic carbocycles. The first kappa shape index (κ1) is 15.5. The van der Waals surface area contributed by atoms with E-state index in [0.717, 1.165) is 11.3 Å². The number of hydrogen-bond acceptors (Lipinski definition) is 4. The number of benzene rings is 1. The first-order valence-electron chi connectivity index (χ1n) is 7.67. The van der Waals surface area contributed by atoms with Crippen LogP contribution in [0.4, 0.5) is 5.69 Å². The van der Waals surface area contributed by atoms with Crippen LogP contribution in [0.3, 0.4) is 0 Å². The van der Waals surface area contributed by atoms with E-state index in [1.54, 1.807) is 0 Å². The highest BCUT2D eigenvalue weighted by Gasteiger charge is 2.39. The van der Waals surface area contributed by atoms with Crippen LogP contribution in [-0.4, -0.2) is 46.4 Å². The van der Waals surface area contributed by atoms with E-state index in [4.69, 9.17) is 5.73 Å². The number of anilines is 1. The summed E-state index contributed by atoms with van der Waals surface area (Å²) >= 11 is 0. The number of aliphatic carboxylic acids is 1. The molecule has 0 spiro atoms. The Bertz CT molecular complexity index is 660. The Morgan fingerprint density at radius 2 is 2.13 bits per heavy atom. The molecule has 23 heavy (non-hydrogen) atoms. The van der Waals surface area contributed by atoms with Crippen LogP contribution >= 0.6 is 0 Å². The highest BCUT2D eigenvalue weighted by atomic mass is 16.4. The number of nitrogens with two attached hydrogens (primary N) is 1. The fourth-order valence-corrected chi connectivity index (χ4v) is 3.36. The quantitative estimate of drug-likeness (QED) is 0.749. The standard InChI is InChI=1S/C16H19N3O4/c17-11(15(21)19-7-3-6-13(19)16(22)23)8-10-9-4-1-2-5-12(9)18-14(10)20/h1-2,4-5,10-11,13H,3,6-8,17H2,(H,18,20)(H,22,23). The minimum absolute atomic E-state index is 0.171. The number of likely N-dealkylation sites (tertiary alicyclic amines) is 1. The van der Waals surface area contributed by atoms with E-state index >= 15 is 0 Å². The van der Waals surface area contributed by atoms with E-state index in [1.807, 2.05) is 24.3 Å². The summed E-state index contributed by atoms with van der Waals surface area (Å²) in [6.45, 7) is 0.400. The summed E-state index contributed by atoms with van der Waals surface area (Å²) in [6, 6.07) is 5.61. The van der Waals surface area contributed by atoms with E-state index in [2.05, 4.69) is 5.32 Å². The average molecular weight is 317 g/mol. The minimum Gasteiger partial charge on any atom is -0.480 e. The first-order chi connectivity index (χ1) is 11.0. The van der Waals surface area contributed by atoms with E-state index < -0.39 is 29.9 Å². The Balaban J connectivity index is 1.72. The van der Waals surface area contributed by atoms with Crippen LogP contribution in [0.5, 0.6) is 0 Å². The molecular formula is C16H19N3O4. The minimum atomic E-state index is -1.01. The van der Waals surface area contributed by atoms with Crippen molar-refractivity contribution in [1.29, 1.82) is 0 Å². The SMILES string of the molecule is NC(CC1C(=O)Nc2ccccc21)C(=O)N1CCCC1C(=O)O. The number of carboxylic acid groups (broad SMARTS) is 1.